The molecule has 0 unspecified atom stereocenters. The lowest BCUT2D eigenvalue weighted by Gasteiger charge is -2.22. The molecule has 57 heavy (non-hydrogen) atoms. The van der Waals surface area contributed by atoms with Gasteiger partial charge in [-0.15, -0.1) is 0 Å². The molecule has 0 bridgehead atoms. The highest BCUT2D eigenvalue weighted by molar-refractivity contribution is 5.83. The van der Waals surface area contributed by atoms with Crippen LogP contribution < -0.4 is 48.4 Å². The topological polar surface area (TPSA) is 362 Å². The standard InChI is InChI=1S/C18H20N2O4.C10H12N2O4.C4H8N2O3.C4H10N2O2/c1-20(12-14-8-4-2-5-9-14)13-16(17(21)22)19-18(23)24-15-10-6-3-7-11-15;11-6-8(9(13)14)12-10(15)16-7-4-2-1-3-5-7;5-2(4(8)9)1-3(6)7;1-6-2-3(5)4(7)8/h2-11,16H,12-13H2,1H3,(H,19,23)(H,21,22);1-5,8H,6,11H2,(H,12,15)(H,13,14);2H,1,5H2,(H2,6,7)(H,8,9);3,6H,2,5H2,1H3,(H,7,8)/t16-;8-;2-;3-/m0000/s1. The molecule has 312 valence electrons. The number of carbonyl (C=O) groups excluding carboxylic acids is 3. The molecule has 0 aromatic heterocycles. The number of amides is 3. The third-order valence-electron chi connectivity index (χ3n) is 6.59. The highest BCUT2D eigenvalue weighted by Gasteiger charge is 2.23. The molecule has 3 amide bonds. The number of para-hydroxylation sites is 2. The average Bonchev–Trinajstić information content (AvgIpc) is 3.15. The van der Waals surface area contributed by atoms with Crippen LogP contribution in [-0.4, -0.2) is 125 Å². The van der Waals surface area contributed by atoms with Crippen molar-refractivity contribution in [3.63, 3.8) is 0 Å². The maximum absolute atomic E-state index is 11.9. The molecule has 3 rings (SSSR count). The summed E-state index contributed by atoms with van der Waals surface area (Å²) in [5, 5.41) is 41.3. The van der Waals surface area contributed by atoms with E-state index in [4.69, 9.17) is 42.0 Å². The highest BCUT2D eigenvalue weighted by Crippen LogP contribution is 2.10. The van der Waals surface area contributed by atoms with Gasteiger partial charge < -0.3 is 68.8 Å². The van der Waals surface area contributed by atoms with Crippen molar-refractivity contribution in [3.05, 3.63) is 96.6 Å². The van der Waals surface area contributed by atoms with Crippen molar-refractivity contribution >= 4 is 42.0 Å². The molecular weight excluding hydrogens is 752 g/mol. The van der Waals surface area contributed by atoms with Gasteiger partial charge in [0.25, 0.3) is 0 Å². The number of nitrogens with one attached hydrogen (secondary N) is 3. The number of nitrogens with two attached hydrogens (primary N) is 4. The molecule has 0 fully saturated rings. The molecule has 0 aliphatic rings. The van der Waals surface area contributed by atoms with Crippen molar-refractivity contribution in [1.82, 2.24) is 20.9 Å². The second kappa shape index (κ2) is 28.7. The maximum Gasteiger partial charge on any atom is 0.413 e. The Morgan fingerprint density at radius 3 is 1.37 bits per heavy atom. The summed E-state index contributed by atoms with van der Waals surface area (Å²) in [4.78, 5) is 76.7. The number of hydrogen-bond acceptors (Lipinski definition) is 14. The van der Waals surface area contributed by atoms with E-state index >= 15 is 0 Å². The first-order chi connectivity index (χ1) is 26.9. The van der Waals surface area contributed by atoms with Gasteiger partial charge in [0, 0.05) is 26.2 Å². The van der Waals surface area contributed by atoms with Crippen LogP contribution in [0, 0.1) is 0 Å². The van der Waals surface area contributed by atoms with Crippen LogP contribution >= 0.6 is 0 Å². The lowest BCUT2D eigenvalue weighted by atomic mass is 10.2. The van der Waals surface area contributed by atoms with E-state index in [1.165, 1.54) is 0 Å². The minimum absolute atomic E-state index is 0.161. The normalized spacial score (nSPS) is 12.0. The van der Waals surface area contributed by atoms with Gasteiger partial charge in [0.1, 0.15) is 35.7 Å². The van der Waals surface area contributed by atoms with E-state index in [9.17, 15) is 38.7 Å². The van der Waals surface area contributed by atoms with E-state index in [1.807, 2.05) is 35.2 Å². The number of carboxylic acid groups (broad SMARTS) is 4. The Morgan fingerprint density at radius 1 is 0.649 bits per heavy atom. The lowest BCUT2D eigenvalue weighted by Crippen LogP contribution is -2.48. The molecule has 15 N–H and O–H groups in total. The smallest absolute Gasteiger partial charge is 0.413 e. The van der Waals surface area contributed by atoms with Gasteiger partial charge in [-0.1, -0.05) is 66.7 Å². The van der Waals surface area contributed by atoms with Crippen LogP contribution in [0.4, 0.5) is 9.59 Å². The molecule has 0 aliphatic carbocycles. The van der Waals surface area contributed by atoms with Crippen LogP contribution in [0.1, 0.15) is 12.0 Å². The Kier molecular flexibility index (Phi) is 25.4. The van der Waals surface area contributed by atoms with Gasteiger partial charge in [-0.25, -0.2) is 19.2 Å². The van der Waals surface area contributed by atoms with E-state index in [-0.39, 0.29) is 19.5 Å². The number of nitrogens with zero attached hydrogens (tertiary/aromatic N) is 1. The number of hydrogen-bond donors (Lipinski definition) is 11. The van der Waals surface area contributed by atoms with Gasteiger partial charge in [-0.05, 0) is 43.9 Å². The number of primary amides is 1. The molecule has 0 spiro atoms. The minimum Gasteiger partial charge on any atom is -0.480 e. The molecule has 0 saturated carbocycles. The fraction of sp³-hybridized carbons (Fsp3) is 0.306. The van der Waals surface area contributed by atoms with Crippen molar-refractivity contribution in [1.29, 1.82) is 0 Å². The fourth-order valence-electron chi connectivity index (χ4n) is 3.82. The molecule has 0 aliphatic heterocycles. The molecule has 21 heteroatoms. The monoisotopic (exact) mass is 802 g/mol. The molecule has 21 nitrogen and oxygen atoms in total. The fourth-order valence-corrected chi connectivity index (χ4v) is 3.82. The number of carboxylic acids is 4. The third-order valence-corrected chi connectivity index (χ3v) is 6.59. The molecule has 4 atom stereocenters. The summed E-state index contributed by atoms with van der Waals surface area (Å²) >= 11 is 0. The summed E-state index contributed by atoms with van der Waals surface area (Å²) in [5.74, 6) is -4.51. The van der Waals surface area contributed by atoms with Crippen molar-refractivity contribution < 1.29 is 63.5 Å². The van der Waals surface area contributed by atoms with E-state index in [0.717, 1.165) is 5.56 Å². The zero-order valence-electron chi connectivity index (χ0n) is 31.2. The van der Waals surface area contributed by atoms with Gasteiger partial charge in [0.15, 0.2) is 0 Å². The van der Waals surface area contributed by atoms with Crippen LogP contribution in [0.15, 0.2) is 91.0 Å². The second-order valence-electron chi connectivity index (χ2n) is 11.5. The highest BCUT2D eigenvalue weighted by atomic mass is 16.6. The van der Waals surface area contributed by atoms with Gasteiger partial charge >= 0.3 is 36.1 Å². The molecule has 0 radical (unpaired) electrons. The van der Waals surface area contributed by atoms with E-state index in [2.05, 4.69) is 21.7 Å². The largest absolute Gasteiger partial charge is 0.480 e. The summed E-state index contributed by atoms with van der Waals surface area (Å²) in [5.41, 5.74) is 20.9. The Balaban J connectivity index is 0.000000816. The van der Waals surface area contributed by atoms with E-state index < -0.39 is 66.1 Å². The van der Waals surface area contributed by atoms with Crippen LogP contribution in [0.2, 0.25) is 0 Å². The van der Waals surface area contributed by atoms with Crippen LogP contribution in [0.5, 0.6) is 11.5 Å². The van der Waals surface area contributed by atoms with E-state index in [0.29, 0.717) is 24.6 Å². The predicted molar refractivity (Wildman–Crippen MR) is 205 cm³/mol. The summed E-state index contributed by atoms with van der Waals surface area (Å²) in [6.07, 6.45) is -1.94. The first kappa shape index (κ1) is 50.4. The quantitative estimate of drug-likeness (QED) is 0.0814. The average molecular weight is 803 g/mol. The number of ether oxygens (including phenoxy) is 2. The SMILES string of the molecule is CN(Cc1ccccc1)C[C@H](NC(=O)Oc1ccccc1)C(=O)O.CNC[C@H](N)C(=O)O.NC(=O)C[C@H](N)C(=O)O.NC[C@H](NC(=O)Oc1ccccc1)C(=O)O. The molecule has 0 saturated heterocycles. The van der Waals surface area contributed by atoms with Gasteiger partial charge in [-0.3, -0.25) is 19.3 Å². The van der Waals surface area contributed by atoms with Gasteiger partial charge in [0.2, 0.25) is 5.91 Å². The zero-order chi connectivity index (χ0) is 43.3. The predicted octanol–water partition coefficient (Wildman–Crippen LogP) is -0.561. The Hall–Kier alpha value is -6.65. The Bertz CT molecular complexity index is 1670. The summed E-state index contributed by atoms with van der Waals surface area (Å²) < 4.78 is 9.89. The van der Waals surface area contributed by atoms with Gasteiger partial charge in [-0.2, -0.15) is 0 Å². The van der Waals surface area contributed by atoms with Crippen LogP contribution in [0.25, 0.3) is 0 Å². The number of benzene rings is 3. The minimum atomic E-state index is -1.21. The lowest BCUT2D eigenvalue weighted by molar-refractivity contribution is -0.140. The number of aliphatic carboxylic acids is 4. The summed E-state index contributed by atoms with van der Waals surface area (Å²) in [6, 6.07) is 22.4. The first-order valence-electron chi connectivity index (χ1n) is 16.7. The molecule has 3 aromatic carbocycles. The van der Waals surface area contributed by atoms with Crippen LogP contribution in [-0.2, 0) is 30.5 Å². The van der Waals surface area contributed by atoms with Crippen LogP contribution in [0.3, 0.4) is 0 Å². The van der Waals surface area contributed by atoms with E-state index in [1.54, 1.807) is 74.8 Å². The van der Waals surface area contributed by atoms with Crippen molar-refractivity contribution in [2.45, 2.75) is 37.1 Å². The third kappa shape index (κ3) is 25.1. The number of carbonyl (C=O) groups is 7. The van der Waals surface area contributed by atoms with Crippen molar-refractivity contribution in [2.75, 3.05) is 33.7 Å². The number of likely N-dealkylation sites (N-methyl/N-ethyl adjacent to an activating group) is 2. The first-order valence-corrected chi connectivity index (χ1v) is 16.7. The molecule has 0 heterocycles. The Morgan fingerprint density at radius 2 is 1.05 bits per heavy atom. The Labute approximate surface area is 327 Å². The summed E-state index contributed by atoms with van der Waals surface area (Å²) in [7, 11) is 3.45. The van der Waals surface area contributed by atoms with Crippen molar-refractivity contribution in [2.24, 2.45) is 22.9 Å². The number of rotatable bonds is 17. The second-order valence-corrected chi connectivity index (χ2v) is 11.5. The molecular formula is C36H50N8O13. The maximum atomic E-state index is 11.9. The van der Waals surface area contributed by atoms with Gasteiger partial charge in [0.05, 0.1) is 6.42 Å². The molecule has 3 aromatic rings. The zero-order valence-corrected chi connectivity index (χ0v) is 31.2. The van der Waals surface area contributed by atoms with Crippen molar-refractivity contribution in [3.8, 4) is 11.5 Å². The summed E-state index contributed by atoms with van der Waals surface area (Å²) in [6.45, 7) is 0.864.